The Labute approximate surface area is 260 Å². The van der Waals surface area contributed by atoms with E-state index >= 15 is 0 Å². The SMILES string of the molecule is C[C@H]1C[C@H]2[C@@H]3CCC4=CC(=O)C=C[C@]4(C)[C@@]3(Cl)[C@@H](O)C[C@]2(C)C1(O)C(=O)COC(=O)CC(N)C(=O)OCCCCO[N+](=O)[O-]. The molecule has 14 heteroatoms. The van der Waals surface area contributed by atoms with Gasteiger partial charge in [-0.3, -0.25) is 19.2 Å². The number of rotatable bonds is 12. The predicted molar refractivity (Wildman–Crippen MR) is 154 cm³/mol. The highest BCUT2D eigenvalue weighted by Crippen LogP contribution is 2.71. The first-order valence-electron chi connectivity index (χ1n) is 14.9. The fraction of sp³-hybridized carbons (Fsp3) is 0.733. The van der Waals surface area contributed by atoms with Gasteiger partial charge in [0.25, 0.3) is 5.09 Å². The zero-order chi connectivity index (χ0) is 32.7. The monoisotopic (exact) mass is 640 g/mol. The van der Waals surface area contributed by atoms with Crippen molar-refractivity contribution in [3.05, 3.63) is 33.9 Å². The van der Waals surface area contributed by atoms with Gasteiger partial charge in [-0.2, -0.15) is 0 Å². The van der Waals surface area contributed by atoms with Crippen LogP contribution in [-0.2, 0) is 33.5 Å². The number of esters is 2. The minimum Gasteiger partial charge on any atom is -0.465 e. The summed E-state index contributed by atoms with van der Waals surface area (Å²) >= 11 is 7.41. The number of carbonyl (C=O) groups excluding carboxylic acids is 4. The molecule has 4 rings (SSSR count). The molecular formula is C30H41ClN2O11. The summed E-state index contributed by atoms with van der Waals surface area (Å²) in [7, 11) is 0. The van der Waals surface area contributed by atoms with Crippen molar-refractivity contribution in [2.75, 3.05) is 19.8 Å². The zero-order valence-corrected chi connectivity index (χ0v) is 25.9. The number of ketones is 2. The van der Waals surface area contributed by atoms with Crippen LogP contribution in [-0.4, -0.2) is 81.2 Å². The molecule has 3 fully saturated rings. The van der Waals surface area contributed by atoms with Crippen LogP contribution in [0.15, 0.2) is 23.8 Å². The van der Waals surface area contributed by atoms with Crippen LogP contribution in [0.2, 0.25) is 0 Å². The Bertz CT molecular complexity index is 1270. The van der Waals surface area contributed by atoms with E-state index in [4.69, 9.17) is 26.8 Å². The number of ether oxygens (including phenoxy) is 2. The molecule has 0 aromatic heterocycles. The molecule has 2 unspecified atom stereocenters. The maximum absolute atomic E-state index is 13.6. The number of alkyl halides is 1. The third-order valence-corrected chi connectivity index (χ3v) is 11.6. The molecule has 0 spiro atoms. The first-order valence-corrected chi connectivity index (χ1v) is 15.3. The highest BCUT2D eigenvalue weighted by atomic mass is 35.5. The van der Waals surface area contributed by atoms with Crippen LogP contribution in [0.25, 0.3) is 0 Å². The number of aliphatic hydroxyl groups excluding tert-OH is 1. The molecule has 0 radical (unpaired) electrons. The summed E-state index contributed by atoms with van der Waals surface area (Å²) in [5.74, 6) is -3.67. The lowest BCUT2D eigenvalue weighted by Crippen LogP contribution is -2.69. The van der Waals surface area contributed by atoms with Crippen molar-refractivity contribution in [3.63, 3.8) is 0 Å². The first kappa shape index (κ1) is 34.0. The third kappa shape index (κ3) is 5.56. The Morgan fingerprint density at radius 1 is 1.20 bits per heavy atom. The maximum atomic E-state index is 13.6. The Morgan fingerprint density at radius 2 is 1.89 bits per heavy atom. The fourth-order valence-corrected chi connectivity index (χ4v) is 8.86. The minimum atomic E-state index is -1.92. The van der Waals surface area contributed by atoms with Crippen LogP contribution in [0.1, 0.15) is 65.7 Å². The molecule has 4 aliphatic carbocycles. The Morgan fingerprint density at radius 3 is 2.57 bits per heavy atom. The van der Waals surface area contributed by atoms with Gasteiger partial charge in [-0.15, -0.1) is 21.7 Å². The van der Waals surface area contributed by atoms with Crippen molar-refractivity contribution in [1.29, 1.82) is 0 Å². The average Bonchev–Trinajstić information content (AvgIpc) is 3.15. The van der Waals surface area contributed by atoms with Crippen LogP contribution in [0, 0.1) is 38.7 Å². The molecule has 0 saturated heterocycles. The molecule has 244 valence electrons. The van der Waals surface area contributed by atoms with Gasteiger partial charge in [0.05, 0.1) is 30.6 Å². The quantitative estimate of drug-likeness (QED) is 0.0920. The summed E-state index contributed by atoms with van der Waals surface area (Å²) in [4.78, 5) is 63.4. The molecular weight excluding hydrogens is 600 g/mol. The number of nitrogens with two attached hydrogens (primary N) is 1. The standard InChI is InChI=1S/C30H41ClN2O11/c1-17-12-21-20-7-6-18-13-19(34)8-9-27(18,2)29(20,31)23(35)15-28(21,3)30(17,39)24(36)16-43-25(37)14-22(32)26(38)42-10-4-5-11-44-33(40)41/h8-9,13,17,20-23,35,39H,4-7,10-12,14-16,32H2,1-3H3/t17-,20-,21-,22?,23-,27-,28-,29-,30?/m0/s1. The summed E-state index contributed by atoms with van der Waals surface area (Å²) in [6, 6.07) is -1.36. The van der Waals surface area contributed by atoms with E-state index in [0.717, 1.165) is 5.57 Å². The molecule has 44 heavy (non-hydrogen) atoms. The van der Waals surface area contributed by atoms with Gasteiger partial charge in [0.1, 0.15) is 11.6 Å². The fourth-order valence-electron chi connectivity index (χ4n) is 8.34. The average molecular weight is 641 g/mol. The number of carbonyl (C=O) groups is 4. The lowest BCUT2D eigenvalue weighted by Gasteiger charge is -2.63. The van der Waals surface area contributed by atoms with E-state index in [0.29, 0.717) is 19.3 Å². The van der Waals surface area contributed by atoms with Gasteiger partial charge in [0.2, 0.25) is 5.78 Å². The molecule has 0 aliphatic heterocycles. The minimum absolute atomic E-state index is 0.0255. The predicted octanol–water partition coefficient (Wildman–Crippen LogP) is 1.97. The molecule has 0 amide bonds. The Balaban J connectivity index is 1.38. The molecule has 0 aromatic carbocycles. The van der Waals surface area contributed by atoms with Gasteiger partial charge in [-0.1, -0.05) is 32.4 Å². The van der Waals surface area contributed by atoms with E-state index < -0.39 is 75.2 Å². The molecule has 13 nitrogen and oxygen atoms in total. The molecule has 4 aliphatic rings. The Hall–Kier alpha value is -2.87. The smallest absolute Gasteiger partial charge is 0.323 e. The van der Waals surface area contributed by atoms with Crippen molar-refractivity contribution in [2.24, 2.45) is 34.3 Å². The maximum Gasteiger partial charge on any atom is 0.323 e. The number of fused-ring (bicyclic) bond motifs is 5. The summed E-state index contributed by atoms with van der Waals surface area (Å²) in [6.07, 6.45) is 5.40. The molecule has 0 aromatic rings. The first-order chi connectivity index (χ1) is 20.5. The van der Waals surface area contributed by atoms with Crippen molar-refractivity contribution in [1.82, 2.24) is 0 Å². The second-order valence-corrected chi connectivity index (χ2v) is 13.6. The molecule has 4 N–H and O–H groups in total. The number of halogens is 1. The van der Waals surface area contributed by atoms with Crippen LogP contribution in [0.5, 0.6) is 0 Å². The number of aliphatic hydroxyl groups is 2. The summed E-state index contributed by atoms with van der Waals surface area (Å²) in [5, 5.41) is 32.9. The van der Waals surface area contributed by atoms with E-state index in [1.807, 2.05) is 6.92 Å². The van der Waals surface area contributed by atoms with Crippen molar-refractivity contribution in [3.8, 4) is 0 Å². The van der Waals surface area contributed by atoms with Crippen LogP contribution in [0.4, 0.5) is 0 Å². The van der Waals surface area contributed by atoms with Crippen LogP contribution >= 0.6 is 11.6 Å². The van der Waals surface area contributed by atoms with Crippen molar-refractivity contribution >= 4 is 35.1 Å². The van der Waals surface area contributed by atoms with Gasteiger partial charge in [-0.25, -0.2) is 0 Å². The lowest BCUT2D eigenvalue weighted by molar-refractivity contribution is -0.757. The van der Waals surface area contributed by atoms with Gasteiger partial charge >= 0.3 is 11.9 Å². The summed E-state index contributed by atoms with van der Waals surface area (Å²) in [6.45, 7) is 4.50. The molecule has 0 heterocycles. The van der Waals surface area contributed by atoms with Crippen molar-refractivity contribution in [2.45, 2.75) is 88.3 Å². The number of hydrogen-bond acceptors (Lipinski definition) is 12. The number of unbranched alkanes of at least 4 members (excludes halogenated alkanes) is 1. The second-order valence-electron chi connectivity index (χ2n) is 13.0. The lowest BCUT2D eigenvalue weighted by atomic mass is 9.45. The van der Waals surface area contributed by atoms with Crippen LogP contribution < -0.4 is 5.73 Å². The number of nitrogens with zero attached hydrogens (tertiary/aromatic N) is 1. The largest absolute Gasteiger partial charge is 0.465 e. The van der Waals surface area contributed by atoms with Gasteiger partial charge in [0, 0.05) is 10.8 Å². The van der Waals surface area contributed by atoms with Gasteiger partial charge < -0.3 is 30.3 Å². The second kappa shape index (κ2) is 12.5. The molecule has 9 atom stereocenters. The number of Topliss-reactive ketones (excluding diaryl/α,β-unsaturated/α-hetero) is 1. The number of hydrogen-bond donors (Lipinski definition) is 3. The van der Waals surface area contributed by atoms with E-state index in [2.05, 4.69) is 4.84 Å². The van der Waals surface area contributed by atoms with Gasteiger partial charge in [0.15, 0.2) is 12.4 Å². The van der Waals surface area contributed by atoms with E-state index in [1.54, 1.807) is 26.0 Å². The summed E-state index contributed by atoms with van der Waals surface area (Å²) < 4.78 is 10.1. The highest BCUT2D eigenvalue weighted by Gasteiger charge is 2.74. The normalized spacial score (nSPS) is 38.0. The van der Waals surface area contributed by atoms with Gasteiger partial charge in [-0.05, 0) is 68.4 Å². The van der Waals surface area contributed by atoms with Crippen LogP contribution in [0.3, 0.4) is 0 Å². The number of allylic oxidation sites excluding steroid dienone is 4. The zero-order valence-electron chi connectivity index (χ0n) is 25.2. The topological polar surface area (TPSA) is 206 Å². The molecule has 0 bridgehead atoms. The summed E-state index contributed by atoms with van der Waals surface area (Å²) in [5.41, 5.74) is 2.84. The highest BCUT2D eigenvalue weighted by molar-refractivity contribution is 6.26. The van der Waals surface area contributed by atoms with Crippen molar-refractivity contribution < 1.29 is 48.8 Å². The Kier molecular flexibility index (Phi) is 9.66. The van der Waals surface area contributed by atoms with E-state index in [1.165, 1.54) is 6.08 Å². The third-order valence-electron chi connectivity index (χ3n) is 10.7. The molecule has 3 saturated carbocycles. The van der Waals surface area contributed by atoms with E-state index in [-0.39, 0.29) is 50.1 Å². The van der Waals surface area contributed by atoms with E-state index in [9.17, 15) is 39.5 Å².